The van der Waals surface area contributed by atoms with Gasteiger partial charge in [0, 0.05) is 47.7 Å². The molecule has 1 atom stereocenters. The molecular formula is C60H38N2S2. The van der Waals surface area contributed by atoms with E-state index in [-0.39, 0.29) is 6.04 Å². The van der Waals surface area contributed by atoms with Gasteiger partial charge in [-0.3, -0.25) is 0 Å². The van der Waals surface area contributed by atoms with Crippen LogP contribution in [0, 0.1) is 0 Å². The fourth-order valence-electron chi connectivity index (χ4n) is 10.8. The quantitative estimate of drug-likeness (QED) is 0.164. The summed E-state index contributed by atoms with van der Waals surface area (Å²) in [7, 11) is 0. The summed E-state index contributed by atoms with van der Waals surface area (Å²) >= 11 is 3.79. The van der Waals surface area contributed by atoms with Gasteiger partial charge in [0.25, 0.3) is 0 Å². The van der Waals surface area contributed by atoms with Crippen LogP contribution in [0.15, 0.2) is 206 Å². The van der Waals surface area contributed by atoms with Gasteiger partial charge in [-0.2, -0.15) is 0 Å². The summed E-state index contributed by atoms with van der Waals surface area (Å²) in [6.07, 6.45) is 8.22. The number of fused-ring (bicyclic) bond motifs is 8. The summed E-state index contributed by atoms with van der Waals surface area (Å²) < 4.78 is 5.23. The molecule has 2 aromatic heterocycles. The molecule has 0 N–H and O–H groups in total. The second kappa shape index (κ2) is 14.0. The Morgan fingerprint density at radius 3 is 1.75 bits per heavy atom. The summed E-state index contributed by atoms with van der Waals surface area (Å²) in [6.45, 7) is 0. The average molecular weight is 851 g/mol. The van der Waals surface area contributed by atoms with Gasteiger partial charge < -0.3 is 9.80 Å². The maximum atomic E-state index is 2.62. The van der Waals surface area contributed by atoms with Gasteiger partial charge in [0.2, 0.25) is 0 Å². The van der Waals surface area contributed by atoms with Crippen LogP contribution in [0.25, 0.3) is 84.3 Å². The summed E-state index contributed by atoms with van der Waals surface area (Å²) in [6, 6.07) is 72.3. The molecule has 300 valence electrons. The number of benzene rings is 10. The molecule has 0 spiro atoms. The van der Waals surface area contributed by atoms with Crippen molar-refractivity contribution in [3.63, 3.8) is 0 Å². The lowest BCUT2D eigenvalue weighted by Crippen LogP contribution is -2.33. The van der Waals surface area contributed by atoms with Crippen LogP contribution in [0.5, 0.6) is 0 Å². The van der Waals surface area contributed by atoms with E-state index in [2.05, 4.69) is 222 Å². The Kier molecular flexibility index (Phi) is 7.88. The van der Waals surface area contributed by atoms with E-state index in [4.69, 9.17) is 0 Å². The predicted octanol–water partition coefficient (Wildman–Crippen LogP) is 17.5. The summed E-state index contributed by atoms with van der Waals surface area (Å²) in [5.41, 5.74) is 11.3. The van der Waals surface area contributed by atoms with Gasteiger partial charge in [-0.25, -0.2) is 0 Å². The Morgan fingerprint density at radius 2 is 1.03 bits per heavy atom. The van der Waals surface area contributed by atoms with E-state index < -0.39 is 0 Å². The van der Waals surface area contributed by atoms with Crippen LogP contribution in [-0.4, -0.2) is 6.04 Å². The Balaban J connectivity index is 0.995. The minimum atomic E-state index is -0.0317. The zero-order chi connectivity index (χ0) is 41.9. The fraction of sp³-hybridized carbons (Fsp3) is 0.0333. The lowest BCUT2D eigenvalue weighted by molar-refractivity contribution is 0.956. The molecule has 0 bridgehead atoms. The minimum absolute atomic E-state index is 0.0317. The first-order valence-corrected chi connectivity index (χ1v) is 23.7. The molecule has 0 saturated carbocycles. The third-order valence-corrected chi connectivity index (χ3v) is 16.1. The third kappa shape index (κ3) is 5.37. The van der Waals surface area contributed by atoms with Gasteiger partial charge in [-0.05, 0) is 110 Å². The second-order valence-corrected chi connectivity index (χ2v) is 19.2. The van der Waals surface area contributed by atoms with Crippen LogP contribution in [-0.2, 0) is 6.42 Å². The maximum absolute atomic E-state index is 2.62. The molecule has 0 radical (unpaired) electrons. The van der Waals surface area contributed by atoms with E-state index in [0.717, 1.165) is 12.1 Å². The Morgan fingerprint density at radius 1 is 0.438 bits per heavy atom. The largest absolute Gasteiger partial charge is 0.329 e. The highest BCUT2D eigenvalue weighted by atomic mass is 32.1. The van der Waals surface area contributed by atoms with Gasteiger partial charge in [0.15, 0.2) is 0 Å². The normalized spacial score (nSPS) is 14.4. The highest BCUT2D eigenvalue weighted by Crippen LogP contribution is 2.52. The van der Waals surface area contributed by atoms with Crippen molar-refractivity contribution >= 4 is 135 Å². The molecule has 14 rings (SSSR count). The van der Waals surface area contributed by atoms with E-state index in [9.17, 15) is 0 Å². The van der Waals surface area contributed by atoms with Crippen LogP contribution in [0.3, 0.4) is 0 Å². The molecule has 2 aliphatic rings. The molecule has 2 aliphatic carbocycles. The van der Waals surface area contributed by atoms with Crippen molar-refractivity contribution in [1.82, 2.24) is 0 Å². The maximum Gasteiger partial charge on any atom is 0.0782 e. The van der Waals surface area contributed by atoms with Gasteiger partial charge in [-0.15, -0.1) is 22.7 Å². The Bertz CT molecular complexity index is 3980. The van der Waals surface area contributed by atoms with E-state index in [0.29, 0.717) is 0 Å². The molecule has 10 aromatic carbocycles. The van der Waals surface area contributed by atoms with Crippen molar-refractivity contribution in [3.05, 3.63) is 223 Å². The van der Waals surface area contributed by atoms with E-state index in [1.807, 2.05) is 22.7 Å². The molecular weight excluding hydrogens is 813 g/mol. The predicted molar refractivity (Wildman–Crippen MR) is 279 cm³/mol. The Labute approximate surface area is 378 Å². The zero-order valence-electron chi connectivity index (χ0n) is 34.7. The average Bonchev–Trinajstić information content (AvgIpc) is 3.94. The highest BCUT2D eigenvalue weighted by molar-refractivity contribution is 7.26. The fourth-order valence-corrected chi connectivity index (χ4v) is 13.2. The van der Waals surface area contributed by atoms with Gasteiger partial charge >= 0.3 is 0 Å². The molecule has 64 heavy (non-hydrogen) atoms. The number of rotatable bonds is 6. The van der Waals surface area contributed by atoms with Crippen LogP contribution in [0.2, 0.25) is 0 Å². The molecule has 0 fully saturated rings. The summed E-state index contributed by atoms with van der Waals surface area (Å²) in [5, 5.41) is 12.8. The van der Waals surface area contributed by atoms with Gasteiger partial charge in [-0.1, -0.05) is 158 Å². The van der Waals surface area contributed by atoms with Crippen LogP contribution in [0.1, 0.15) is 16.7 Å². The number of anilines is 5. The zero-order valence-corrected chi connectivity index (χ0v) is 36.3. The smallest absolute Gasteiger partial charge is 0.0782 e. The third-order valence-electron chi connectivity index (χ3n) is 13.7. The second-order valence-electron chi connectivity index (χ2n) is 17.1. The topological polar surface area (TPSA) is 6.48 Å². The van der Waals surface area contributed by atoms with Crippen molar-refractivity contribution in [2.45, 2.75) is 12.5 Å². The number of nitrogens with zero attached hydrogens (tertiary/aromatic N) is 2. The minimum Gasteiger partial charge on any atom is -0.329 e. The molecule has 0 aliphatic heterocycles. The molecule has 0 saturated heterocycles. The van der Waals surface area contributed by atoms with Gasteiger partial charge in [0.05, 0.1) is 32.5 Å². The molecule has 0 amide bonds. The molecule has 12 aromatic rings. The number of thiophene rings is 2. The van der Waals surface area contributed by atoms with Crippen LogP contribution < -0.4 is 9.80 Å². The lowest BCUT2D eigenvalue weighted by atomic mass is 9.78. The van der Waals surface area contributed by atoms with E-state index >= 15 is 0 Å². The van der Waals surface area contributed by atoms with E-state index in [1.54, 1.807) is 0 Å². The standard InChI is InChI=1S/C60H38N2S2/c1-3-13-41-35-43(29-23-37(41)11-1)61(53-19-9-17-47-45-15-5-7-21-55(45)63-59(47)53)51-33-27-39-26-32-50-52(34-28-40-25-31-49(51)57(39)58(40)50)62(44-30-24-38-12-2-4-14-42(38)36-44)54-20-10-18-48-46-16-6-8-22-56(46)64-60(48)54/h1-25,27-36,52H,26H2. The summed E-state index contributed by atoms with van der Waals surface area (Å²) in [5.74, 6) is 0. The SMILES string of the molecule is C1=CC(N(c2ccc3ccccc3c2)c2cccc3c2sc2ccccc23)C2=CCc3ccc(N(c4ccc5ccccc5c4)c4cccc5c4sc4ccccc45)c4ccc1c2c34. The first-order valence-electron chi connectivity index (χ1n) is 22.1. The monoisotopic (exact) mass is 850 g/mol. The first kappa shape index (κ1) is 36.0. The Hall–Kier alpha value is -7.50. The van der Waals surface area contributed by atoms with Gasteiger partial charge in [0.1, 0.15) is 0 Å². The van der Waals surface area contributed by atoms with E-state index in [1.165, 1.54) is 118 Å². The lowest BCUT2D eigenvalue weighted by Gasteiger charge is -2.38. The molecule has 2 nitrogen and oxygen atoms in total. The van der Waals surface area contributed by atoms with Crippen molar-refractivity contribution in [2.24, 2.45) is 0 Å². The molecule has 2 heterocycles. The molecule has 4 heteroatoms. The first-order chi connectivity index (χ1) is 31.7. The van der Waals surface area contributed by atoms with Crippen molar-refractivity contribution in [1.29, 1.82) is 0 Å². The number of allylic oxidation sites excluding steroid dienone is 1. The van der Waals surface area contributed by atoms with Crippen LogP contribution in [0.4, 0.5) is 28.4 Å². The van der Waals surface area contributed by atoms with Crippen molar-refractivity contribution in [2.75, 3.05) is 9.80 Å². The molecule has 1 unspecified atom stereocenters. The number of hydrogen-bond donors (Lipinski definition) is 0. The van der Waals surface area contributed by atoms with Crippen molar-refractivity contribution < 1.29 is 0 Å². The van der Waals surface area contributed by atoms with Crippen molar-refractivity contribution in [3.8, 4) is 0 Å². The van der Waals surface area contributed by atoms with Crippen LogP contribution >= 0.6 is 22.7 Å². The highest BCUT2D eigenvalue weighted by Gasteiger charge is 2.33. The number of hydrogen-bond acceptors (Lipinski definition) is 4. The summed E-state index contributed by atoms with van der Waals surface area (Å²) in [4.78, 5) is 5.15.